The van der Waals surface area contributed by atoms with Crippen molar-refractivity contribution >= 4 is 11.9 Å². The number of amides is 1. The molecule has 1 aliphatic rings. The van der Waals surface area contributed by atoms with E-state index in [1.807, 2.05) is 42.5 Å². The van der Waals surface area contributed by atoms with E-state index >= 15 is 0 Å². The Kier molecular flexibility index (Phi) is 9.37. The number of ether oxygens (including phenoxy) is 1. The van der Waals surface area contributed by atoms with E-state index in [1.165, 1.54) is 18.4 Å². The minimum absolute atomic E-state index is 0.0667. The molecule has 7 nitrogen and oxygen atoms in total. The van der Waals surface area contributed by atoms with Gasteiger partial charge in [-0.25, -0.2) is 0 Å². The number of methoxy groups -OCH3 is 1. The van der Waals surface area contributed by atoms with Crippen LogP contribution in [0, 0.1) is 0 Å². The van der Waals surface area contributed by atoms with Crippen molar-refractivity contribution in [2.75, 3.05) is 46.4 Å². The number of likely N-dealkylation sites (tertiary alicyclic amines) is 1. The van der Waals surface area contributed by atoms with Crippen LogP contribution < -0.4 is 20.7 Å². The number of nitrogens with one attached hydrogen (secondary N) is 3. The Morgan fingerprint density at radius 3 is 2.34 bits per heavy atom. The van der Waals surface area contributed by atoms with Gasteiger partial charge in [0.15, 0.2) is 5.96 Å². The maximum Gasteiger partial charge on any atom is 0.251 e. The number of benzene rings is 2. The third kappa shape index (κ3) is 6.99. The van der Waals surface area contributed by atoms with Crippen molar-refractivity contribution in [2.45, 2.75) is 25.8 Å². The molecule has 1 heterocycles. The van der Waals surface area contributed by atoms with Crippen molar-refractivity contribution in [3.8, 4) is 5.75 Å². The van der Waals surface area contributed by atoms with Crippen LogP contribution in [0.25, 0.3) is 0 Å². The molecule has 0 aromatic heterocycles. The molecule has 32 heavy (non-hydrogen) atoms. The van der Waals surface area contributed by atoms with Crippen molar-refractivity contribution in [2.24, 2.45) is 4.99 Å². The smallest absolute Gasteiger partial charge is 0.251 e. The van der Waals surface area contributed by atoms with Crippen molar-refractivity contribution in [3.63, 3.8) is 0 Å². The van der Waals surface area contributed by atoms with Crippen molar-refractivity contribution in [1.29, 1.82) is 0 Å². The van der Waals surface area contributed by atoms with Crippen LogP contribution in [0.1, 0.15) is 41.7 Å². The van der Waals surface area contributed by atoms with Gasteiger partial charge in [0.05, 0.1) is 19.7 Å². The first-order valence-electron chi connectivity index (χ1n) is 11.4. The Hall–Kier alpha value is -3.06. The molecule has 1 unspecified atom stereocenters. The van der Waals surface area contributed by atoms with Gasteiger partial charge < -0.3 is 20.7 Å². The summed E-state index contributed by atoms with van der Waals surface area (Å²) in [5.41, 5.74) is 1.92. The fourth-order valence-corrected chi connectivity index (χ4v) is 3.88. The molecule has 7 heteroatoms. The Bertz CT molecular complexity index is 848. The molecule has 0 aliphatic carbocycles. The SMILES string of the molecule is CCNC(=NCC(c1ccc(OC)cc1)N1CCCC1)NCCNC(=O)c1ccccc1. The molecule has 1 amide bonds. The quantitative estimate of drug-likeness (QED) is 0.303. The minimum atomic E-state index is -0.0667. The molecule has 0 spiro atoms. The molecule has 0 bridgehead atoms. The monoisotopic (exact) mass is 437 g/mol. The third-order valence-electron chi connectivity index (χ3n) is 5.59. The summed E-state index contributed by atoms with van der Waals surface area (Å²) in [6, 6.07) is 17.8. The molecule has 1 fully saturated rings. The highest BCUT2D eigenvalue weighted by atomic mass is 16.5. The van der Waals surface area contributed by atoms with E-state index < -0.39 is 0 Å². The van der Waals surface area contributed by atoms with Crippen LogP contribution in [0.3, 0.4) is 0 Å². The Balaban J connectivity index is 1.57. The normalized spacial score (nSPS) is 15.2. The predicted octanol–water partition coefficient (Wildman–Crippen LogP) is 2.82. The summed E-state index contributed by atoms with van der Waals surface area (Å²) in [5.74, 6) is 1.56. The van der Waals surface area contributed by atoms with Crippen LogP contribution in [0.15, 0.2) is 59.6 Å². The lowest BCUT2D eigenvalue weighted by molar-refractivity contribution is 0.0954. The molecule has 3 rings (SSSR count). The Labute approximate surface area is 191 Å². The molecule has 3 N–H and O–H groups in total. The fraction of sp³-hybridized carbons (Fsp3) is 0.440. The van der Waals surface area contributed by atoms with Gasteiger partial charge in [0.25, 0.3) is 5.91 Å². The highest BCUT2D eigenvalue weighted by Crippen LogP contribution is 2.27. The van der Waals surface area contributed by atoms with E-state index in [1.54, 1.807) is 7.11 Å². The second-order valence-electron chi connectivity index (χ2n) is 7.80. The molecule has 0 radical (unpaired) electrons. The highest BCUT2D eigenvalue weighted by Gasteiger charge is 2.23. The second-order valence-corrected chi connectivity index (χ2v) is 7.80. The van der Waals surface area contributed by atoms with Crippen LogP contribution in [-0.2, 0) is 0 Å². The summed E-state index contributed by atoms with van der Waals surface area (Å²) in [5, 5.41) is 9.57. The maximum atomic E-state index is 12.2. The topological polar surface area (TPSA) is 78.0 Å². The van der Waals surface area contributed by atoms with Crippen molar-refractivity contribution in [1.82, 2.24) is 20.9 Å². The molecule has 1 saturated heterocycles. The van der Waals surface area contributed by atoms with Gasteiger partial charge in [0, 0.05) is 25.2 Å². The predicted molar refractivity (Wildman–Crippen MR) is 129 cm³/mol. The molecule has 0 saturated carbocycles. The zero-order valence-corrected chi connectivity index (χ0v) is 19.1. The molecule has 2 aromatic rings. The van der Waals surface area contributed by atoms with Crippen LogP contribution >= 0.6 is 0 Å². The maximum absolute atomic E-state index is 12.2. The average Bonchev–Trinajstić information content (AvgIpc) is 3.37. The van der Waals surface area contributed by atoms with E-state index in [0.29, 0.717) is 25.2 Å². The summed E-state index contributed by atoms with van der Waals surface area (Å²) < 4.78 is 5.31. The third-order valence-corrected chi connectivity index (χ3v) is 5.59. The van der Waals surface area contributed by atoms with Gasteiger partial charge in [-0.3, -0.25) is 14.7 Å². The lowest BCUT2D eigenvalue weighted by atomic mass is 10.1. The first kappa shape index (κ1) is 23.6. The molecule has 1 atom stereocenters. The summed E-state index contributed by atoms with van der Waals surface area (Å²) in [6.07, 6.45) is 2.46. The number of guanidine groups is 1. The highest BCUT2D eigenvalue weighted by molar-refractivity contribution is 5.94. The number of carbonyl (C=O) groups excluding carboxylic acids is 1. The van der Waals surface area contributed by atoms with Crippen LogP contribution in [0.2, 0.25) is 0 Å². The molecular formula is C25H35N5O2. The second kappa shape index (κ2) is 12.7. The van der Waals surface area contributed by atoms with Gasteiger partial charge in [0.1, 0.15) is 5.75 Å². The first-order chi connectivity index (χ1) is 15.7. The molecule has 172 valence electrons. The summed E-state index contributed by atoms with van der Waals surface area (Å²) in [4.78, 5) is 19.6. The Morgan fingerprint density at radius 2 is 1.69 bits per heavy atom. The van der Waals surface area contributed by atoms with Crippen LogP contribution in [0.5, 0.6) is 5.75 Å². The number of aliphatic imine (C=N–C) groups is 1. The summed E-state index contributed by atoms with van der Waals surface area (Å²) in [6.45, 7) is 6.81. The summed E-state index contributed by atoms with van der Waals surface area (Å²) >= 11 is 0. The zero-order valence-electron chi connectivity index (χ0n) is 19.1. The first-order valence-corrected chi connectivity index (χ1v) is 11.4. The van der Waals surface area contributed by atoms with E-state index in [4.69, 9.17) is 9.73 Å². The molecular weight excluding hydrogens is 402 g/mol. The largest absolute Gasteiger partial charge is 0.497 e. The number of hydrogen-bond acceptors (Lipinski definition) is 4. The summed E-state index contributed by atoms with van der Waals surface area (Å²) in [7, 11) is 1.69. The lowest BCUT2D eigenvalue weighted by Crippen LogP contribution is -2.42. The number of hydrogen-bond donors (Lipinski definition) is 3. The van der Waals surface area contributed by atoms with Gasteiger partial charge in [0.2, 0.25) is 0 Å². The van der Waals surface area contributed by atoms with Crippen LogP contribution in [-0.4, -0.2) is 63.1 Å². The zero-order chi connectivity index (χ0) is 22.6. The van der Waals surface area contributed by atoms with Gasteiger partial charge >= 0.3 is 0 Å². The van der Waals surface area contributed by atoms with Crippen LogP contribution in [0.4, 0.5) is 0 Å². The standard InChI is InChI=1S/C25H35N5O2/c1-3-26-25(28-16-15-27-24(31)21-9-5-4-6-10-21)29-19-23(30-17-7-8-18-30)20-11-13-22(32-2)14-12-20/h4-6,9-14,23H,3,7-8,15-19H2,1-2H3,(H,27,31)(H2,26,28,29). The van der Waals surface area contributed by atoms with Crippen molar-refractivity contribution in [3.05, 3.63) is 65.7 Å². The van der Waals surface area contributed by atoms with E-state index in [2.05, 4.69) is 39.9 Å². The number of rotatable bonds is 10. The van der Waals surface area contributed by atoms with E-state index in [-0.39, 0.29) is 11.9 Å². The van der Waals surface area contributed by atoms with Gasteiger partial charge in [-0.05, 0) is 62.7 Å². The van der Waals surface area contributed by atoms with Gasteiger partial charge in [-0.15, -0.1) is 0 Å². The number of nitrogens with zero attached hydrogens (tertiary/aromatic N) is 2. The van der Waals surface area contributed by atoms with Gasteiger partial charge in [-0.2, -0.15) is 0 Å². The van der Waals surface area contributed by atoms with Gasteiger partial charge in [-0.1, -0.05) is 30.3 Å². The Morgan fingerprint density at radius 1 is 1.00 bits per heavy atom. The lowest BCUT2D eigenvalue weighted by Gasteiger charge is -2.27. The van der Waals surface area contributed by atoms with E-state index in [0.717, 1.165) is 31.3 Å². The van der Waals surface area contributed by atoms with Crippen molar-refractivity contribution < 1.29 is 9.53 Å². The minimum Gasteiger partial charge on any atom is -0.497 e. The average molecular weight is 438 g/mol. The number of carbonyl (C=O) groups is 1. The molecule has 1 aliphatic heterocycles. The molecule has 2 aromatic carbocycles. The fourth-order valence-electron chi connectivity index (χ4n) is 3.88. The van der Waals surface area contributed by atoms with E-state index in [9.17, 15) is 4.79 Å².